The zero-order valence-corrected chi connectivity index (χ0v) is 19.6. The van der Waals surface area contributed by atoms with Crippen LogP contribution in [-0.2, 0) is 16.6 Å². The minimum absolute atomic E-state index is 0.0664. The summed E-state index contributed by atoms with van der Waals surface area (Å²) in [6, 6.07) is 15.5. The van der Waals surface area contributed by atoms with Crippen LogP contribution in [0.5, 0.6) is 0 Å². The van der Waals surface area contributed by atoms with Crippen molar-refractivity contribution < 1.29 is 8.42 Å². The molecule has 1 heterocycles. The third-order valence-corrected chi connectivity index (χ3v) is 7.73. The van der Waals surface area contributed by atoms with E-state index in [9.17, 15) is 8.42 Å². The molecule has 1 aliphatic heterocycles. The fraction of sp³-hybridized carbons (Fsp3) is 0.435. The summed E-state index contributed by atoms with van der Waals surface area (Å²) in [7, 11) is 0.191. The predicted octanol–water partition coefficient (Wildman–Crippen LogP) is 2.36. The van der Waals surface area contributed by atoms with E-state index in [0.29, 0.717) is 30.5 Å². The fourth-order valence-electron chi connectivity index (χ4n) is 3.80. The van der Waals surface area contributed by atoms with Crippen molar-refractivity contribution in [3.63, 3.8) is 0 Å². The maximum Gasteiger partial charge on any atom is 0.243 e. The van der Waals surface area contributed by atoms with E-state index >= 15 is 0 Å². The molecule has 7 nitrogen and oxygen atoms in total. The largest absolute Gasteiger partial charge is 0.352 e. The van der Waals surface area contributed by atoms with E-state index in [2.05, 4.69) is 46.5 Å². The lowest BCUT2D eigenvalue weighted by atomic mass is 10.0. The molecule has 1 atom stereocenters. The maximum absolute atomic E-state index is 13.3. The Hall–Kier alpha value is -2.42. The number of piperazine rings is 1. The lowest BCUT2D eigenvalue weighted by molar-refractivity contribution is 0.222. The Labute approximate surface area is 186 Å². The SMILES string of the molecule is CN=C(NCc1ccccc1S(=O)(=O)N1CCN(C)CC1)NC(C)c1ccccc1C. The van der Waals surface area contributed by atoms with Crippen LogP contribution < -0.4 is 10.6 Å². The second-order valence-electron chi connectivity index (χ2n) is 7.96. The molecular formula is C23H33N5O2S. The molecule has 1 saturated heterocycles. The van der Waals surface area contributed by atoms with Crippen LogP contribution in [-0.4, -0.2) is 63.9 Å². The zero-order valence-electron chi connectivity index (χ0n) is 18.8. The van der Waals surface area contributed by atoms with Crippen LogP contribution in [0.1, 0.15) is 29.7 Å². The Morgan fingerprint density at radius 2 is 1.71 bits per heavy atom. The van der Waals surface area contributed by atoms with Gasteiger partial charge in [0, 0.05) is 39.8 Å². The summed E-state index contributed by atoms with van der Waals surface area (Å²) in [5, 5.41) is 6.67. The Morgan fingerprint density at radius 1 is 1.06 bits per heavy atom. The highest BCUT2D eigenvalue weighted by atomic mass is 32.2. The normalized spacial score (nSPS) is 17.4. The fourth-order valence-corrected chi connectivity index (χ4v) is 5.44. The molecule has 1 aliphatic rings. The second-order valence-corrected chi connectivity index (χ2v) is 9.87. The second kappa shape index (κ2) is 10.3. The van der Waals surface area contributed by atoms with E-state index in [0.717, 1.165) is 18.7 Å². The Kier molecular flexibility index (Phi) is 7.69. The monoisotopic (exact) mass is 443 g/mol. The van der Waals surface area contributed by atoms with E-state index in [1.165, 1.54) is 11.1 Å². The molecule has 1 fully saturated rings. The molecule has 168 valence electrons. The van der Waals surface area contributed by atoms with Gasteiger partial charge in [-0.3, -0.25) is 4.99 Å². The van der Waals surface area contributed by atoms with Gasteiger partial charge < -0.3 is 15.5 Å². The van der Waals surface area contributed by atoms with Crippen LogP contribution in [0.3, 0.4) is 0 Å². The van der Waals surface area contributed by atoms with Gasteiger partial charge in [0.05, 0.1) is 10.9 Å². The standard InChI is InChI=1S/C23H33N5O2S/c1-18-9-5-7-11-21(18)19(2)26-23(24-3)25-17-20-10-6-8-12-22(20)31(29,30)28-15-13-27(4)14-16-28/h5-12,19H,13-17H2,1-4H3,(H2,24,25,26). The van der Waals surface area contributed by atoms with Gasteiger partial charge in [0.1, 0.15) is 0 Å². The molecule has 31 heavy (non-hydrogen) atoms. The minimum Gasteiger partial charge on any atom is -0.352 e. The van der Waals surface area contributed by atoms with Crippen LogP contribution in [0.2, 0.25) is 0 Å². The molecule has 2 aromatic carbocycles. The molecule has 0 saturated carbocycles. The summed E-state index contributed by atoms with van der Waals surface area (Å²) in [6.45, 7) is 7.04. The molecule has 8 heteroatoms. The van der Waals surface area contributed by atoms with Crippen LogP contribution in [0.15, 0.2) is 58.4 Å². The first kappa shape index (κ1) is 23.2. The average Bonchev–Trinajstić information content (AvgIpc) is 2.77. The number of aryl methyl sites for hydroxylation is 1. The molecule has 1 unspecified atom stereocenters. The van der Waals surface area contributed by atoms with E-state index in [4.69, 9.17) is 0 Å². The third kappa shape index (κ3) is 5.64. The number of aliphatic imine (C=N–C) groups is 1. The van der Waals surface area contributed by atoms with E-state index < -0.39 is 10.0 Å². The number of hydrogen-bond acceptors (Lipinski definition) is 4. The smallest absolute Gasteiger partial charge is 0.243 e. The summed E-state index contributed by atoms with van der Waals surface area (Å²) in [4.78, 5) is 6.82. The van der Waals surface area contributed by atoms with E-state index in [-0.39, 0.29) is 6.04 Å². The number of guanidine groups is 1. The molecule has 0 radical (unpaired) electrons. The van der Waals surface area contributed by atoms with Crippen molar-refractivity contribution in [2.75, 3.05) is 40.3 Å². The molecule has 0 spiro atoms. The van der Waals surface area contributed by atoms with Crippen molar-refractivity contribution in [1.82, 2.24) is 19.8 Å². The van der Waals surface area contributed by atoms with Crippen LogP contribution in [0.25, 0.3) is 0 Å². The molecule has 2 aromatic rings. The van der Waals surface area contributed by atoms with Gasteiger partial charge in [0.25, 0.3) is 0 Å². The van der Waals surface area contributed by atoms with Crippen molar-refractivity contribution in [1.29, 1.82) is 0 Å². The summed E-state index contributed by atoms with van der Waals surface area (Å²) in [5.74, 6) is 0.627. The van der Waals surface area contributed by atoms with Crippen molar-refractivity contribution in [2.24, 2.45) is 4.99 Å². The van der Waals surface area contributed by atoms with Crippen molar-refractivity contribution in [2.45, 2.75) is 31.3 Å². The van der Waals surface area contributed by atoms with E-state index in [1.807, 2.05) is 31.3 Å². The summed E-state index contributed by atoms with van der Waals surface area (Å²) in [5.41, 5.74) is 3.14. The average molecular weight is 444 g/mol. The molecule has 0 amide bonds. The Balaban J connectivity index is 1.71. The predicted molar refractivity (Wildman–Crippen MR) is 126 cm³/mol. The number of likely N-dealkylation sites (N-methyl/N-ethyl adjacent to an activating group) is 1. The van der Waals surface area contributed by atoms with Gasteiger partial charge in [-0.2, -0.15) is 4.31 Å². The summed E-state index contributed by atoms with van der Waals surface area (Å²) in [6.07, 6.45) is 0. The van der Waals surface area contributed by atoms with Gasteiger partial charge in [-0.1, -0.05) is 42.5 Å². The van der Waals surface area contributed by atoms with Crippen molar-refractivity contribution >= 4 is 16.0 Å². The van der Waals surface area contributed by atoms with Gasteiger partial charge >= 0.3 is 0 Å². The van der Waals surface area contributed by atoms with Gasteiger partial charge in [-0.15, -0.1) is 0 Å². The highest BCUT2D eigenvalue weighted by Crippen LogP contribution is 2.22. The maximum atomic E-state index is 13.3. The lowest BCUT2D eigenvalue weighted by Crippen LogP contribution is -2.47. The first-order chi connectivity index (χ1) is 14.8. The minimum atomic E-state index is -3.54. The topological polar surface area (TPSA) is 77.0 Å². The molecule has 2 N–H and O–H groups in total. The lowest BCUT2D eigenvalue weighted by Gasteiger charge is -2.32. The quantitative estimate of drug-likeness (QED) is 0.529. The van der Waals surface area contributed by atoms with Crippen LogP contribution >= 0.6 is 0 Å². The van der Waals surface area contributed by atoms with Gasteiger partial charge in [0.15, 0.2) is 5.96 Å². The number of sulfonamides is 1. The third-order valence-electron chi connectivity index (χ3n) is 5.73. The summed E-state index contributed by atoms with van der Waals surface area (Å²) >= 11 is 0. The molecular weight excluding hydrogens is 410 g/mol. The van der Waals surface area contributed by atoms with Crippen molar-refractivity contribution in [3.8, 4) is 0 Å². The number of hydrogen-bond donors (Lipinski definition) is 2. The molecule has 3 rings (SSSR count). The molecule has 0 bridgehead atoms. The van der Waals surface area contributed by atoms with Crippen molar-refractivity contribution in [3.05, 3.63) is 65.2 Å². The number of benzene rings is 2. The highest BCUT2D eigenvalue weighted by molar-refractivity contribution is 7.89. The molecule has 0 aromatic heterocycles. The Bertz CT molecular complexity index is 1010. The first-order valence-electron chi connectivity index (χ1n) is 10.6. The summed E-state index contributed by atoms with van der Waals surface area (Å²) < 4.78 is 28.1. The Morgan fingerprint density at radius 3 is 2.39 bits per heavy atom. The van der Waals surface area contributed by atoms with E-state index in [1.54, 1.807) is 23.5 Å². The number of nitrogens with zero attached hydrogens (tertiary/aromatic N) is 3. The van der Waals surface area contributed by atoms with Gasteiger partial charge in [0.2, 0.25) is 10.0 Å². The molecule has 0 aliphatic carbocycles. The van der Waals surface area contributed by atoms with Crippen LogP contribution in [0, 0.1) is 6.92 Å². The zero-order chi connectivity index (χ0) is 22.4. The highest BCUT2D eigenvalue weighted by Gasteiger charge is 2.29. The number of rotatable bonds is 6. The van der Waals surface area contributed by atoms with Crippen LogP contribution in [0.4, 0.5) is 0 Å². The van der Waals surface area contributed by atoms with Gasteiger partial charge in [-0.25, -0.2) is 8.42 Å². The number of nitrogens with one attached hydrogen (secondary N) is 2. The first-order valence-corrected chi connectivity index (χ1v) is 12.1. The van der Waals surface area contributed by atoms with Gasteiger partial charge in [-0.05, 0) is 43.7 Å².